The molecule has 5 nitrogen and oxygen atoms in total. The number of hydrogen-bond donors (Lipinski definition) is 2. The summed E-state index contributed by atoms with van der Waals surface area (Å²) in [5.74, 6) is -0.128. The Morgan fingerprint density at radius 2 is 1.47 bits per heavy atom. The van der Waals surface area contributed by atoms with Crippen molar-refractivity contribution in [1.29, 1.82) is 0 Å². The second-order valence-electron chi connectivity index (χ2n) is 8.94. The Kier molecular flexibility index (Phi) is 6.80. The SMILES string of the molecule is CCCN1C(=O)c2ccccc2C1Nc1cccc(C(=O)NC(c2ccccc2)c2ccccc2)c1. The average molecular weight is 476 g/mol. The number of benzene rings is 4. The molecule has 36 heavy (non-hydrogen) atoms. The number of carbonyl (C=O) groups excluding carboxylic acids is 2. The monoisotopic (exact) mass is 475 g/mol. The Hall–Kier alpha value is -4.38. The van der Waals surface area contributed by atoms with E-state index in [9.17, 15) is 9.59 Å². The van der Waals surface area contributed by atoms with Gasteiger partial charge in [0.25, 0.3) is 11.8 Å². The Morgan fingerprint density at radius 3 is 2.14 bits per heavy atom. The van der Waals surface area contributed by atoms with E-state index in [0.29, 0.717) is 12.1 Å². The molecule has 1 unspecified atom stereocenters. The summed E-state index contributed by atoms with van der Waals surface area (Å²) < 4.78 is 0. The molecule has 5 heteroatoms. The van der Waals surface area contributed by atoms with Crippen LogP contribution in [0.2, 0.25) is 0 Å². The topological polar surface area (TPSA) is 61.4 Å². The van der Waals surface area contributed by atoms with Crippen LogP contribution in [0.4, 0.5) is 5.69 Å². The van der Waals surface area contributed by atoms with Crippen molar-refractivity contribution >= 4 is 17.5 Å². The van der Waals surface area contributed by atoms with Gasteiger partial charge in [0.1, 0.15) is 6.17 Å². The number of amides is 2. The first-order chi connectivity index (χ1) is 17.7. The summed E-state index contributed by atoms with van der Waals surface area (Å²) in [4.78, 5) is 28.2. The molecule has 0 aromatic heterocycles. The van der Waals surface area contributed by atoms with Gasteiger partial charge >= 0.3 is 0 Å². The van der Waals surface area contributed by atoms with Crippen LogP contribution in [0.1, 0.15) is 63.0 Å². The van der Waals surface area contributed by atoms with Crippen LogP contribution in [0.15, 0.2) is 109 Å². The van der Waals surface area contributed by atoms with Crippen molar-refractivity contribution < 1.29 is 9.59 Å². The largest absolute Gasteiger partial charge is 0.361 e. The highest BCUT2D eigenvalue weighted by atomic mass is 16.2. The number of carbonyl (C=O) groups is 2. The van der Waals surface area contributed by atoms with Crippen LogP contribution in [0, 0.1) is 0 Å². The summed E-state index contributed by atoms with van der Waals surface area (Å²) in [5, 5.41) is 6.71. The first-order valence-electron chi connectivity index (χ1n) is 12.3. The van der Waals surface area contributed by atoms with Crippen LogP contribution in [-0.4, -0.2) is 23.3 Å². The highest BCUT2D eigenvalue weighted by Crippen LogP contribution is 2.34. The van der Waals surface area contributed by atoms with Gasteiger partial charge in [0, 0.05) is 28.9 Å². The fraction of sp³-hybridized carbons (Fsp3) is 0.161. The Balaban J connectivity index is 1.40. The van der Waals surface area contributed by atoms with E-state index in [0.717, 1.165) is 34.4 Å². The lowest BCUT2D eigenvalue weighted by molar-refractivity contribution is 0.0742. The fourth-order valence-corrected chi connectivity index (χ4v) is 4.77. The predicted molar refractivity (Wildman–Crippen MR) is 143 cm³/mol. The minimum Gasteiger partial charge on any atom is -0.361 e. The highest BCUT2D eigenvalue weighted by Gasteiger charge is 2.35. The molecule has 0 fully saturated rings. The first kappa shape index (κ1) is 23.4. The number of fused-ring (bicyclic) bond motifs is 1. The van der Waals surface area contributed by atoms with Gasteiger partial charge in [-0.05, 0) is 41.8 Å². The molecule has 2 amide bonds. The van der Waals surface area contributed by atoms with Crippen LogP contribution in [0.3, 0.4) is 0 Å². The zero-order valence-corrected chi connectivity index (χ0v) is 20.2. The molecule has 0 saturated carbocycles. The van der Waals surface area contributed by atoms with E-state index in [-0.39, 0.29) is 24.0 Å². The summed E-state index contributed by atoms with van der Waals surface area (Å²) in [6.07, 6.45) is 0.592. The zero-order chi connectivity index (χ0) is 24.9. The van der Waals surface area contributed by atoms with Crippen molar-refractivity contribution in [3.05, 3.63) is 137 Å². The molecule has 2 N–H and O–H groups in total. The molecular formula is C31H29N3O2. The van der Waals surface area contributed by atoms with E-state index in [1.807, 2.05) is 114 Å². The zero-order valence-electron chi connectivity index (χ0n) is 20.2. The van der Waals surface area contributed by atoms with E-state index in [4.69, 9.17) is 0 Å². The Labute approximate surface area is 211 Å². The van der Waals surface area contributed by atoms with Crippen molar-refractivity contribution in [2.24, 2.45) is 0 Å². The van der Waals surface area contributed by atoms with Gasteiger partial charge in [-0.1, -0.05) is 91.9 Å². The molecule has 1 aliphatic rings. The third kappa shape index (κ3) is 4.73. The van der Waals surface area contributed by atoms with Gasteiger partial charge in [0.2, 0.25) is 0 Å². The van der Waals surface area contributed by atoms with Gasteiger partial charge in [-0.2, -0.15) is 0 Å². The minimum absolute atomic E-state index is 0.0346. The van der Waals surface area contributed by atoms with E-state index >= 15 is 0 Å². The first-order valence-corrected chi connectivity index (χ1v) is 12.3. The van der Waals surface area contributed by atoms with E-state index in [2.05, 4.69) is 17.6 Å². The average Bonchev–Trinajstić information content (AvgIpc) is 3.19. The molecule has 1 heterocycles. The maximum Gasteiger partial charge on any atom is 0.256 e. The summed E-state index contributed by atoms with van der Waals surface area (Å²) >= 11 is 0. The normalized spacial score (nSPS) is 14.6. The number of nitrogens with one attached hydrogen (secondary N) is 2. The Morgan fingerprint density at radius 1 is 0.833 bits per heavy atom. The van der Waals surface area contributed by atoms with Crippen molar-refractivity contribution in [3.8, 4) is 0 Å². The van der Waals surface area contributed by atoms with Crippen molar-refractivity contribution in [1.82, 2.24) is 10.2 Å². The van der Waals surface area contributed by atoms with Crippen molar-refractivity contribution in [2.75, 3.05) is 11.9 Å². The number of rotatable bonds is 8. The maximum absolute atomic E-state index is 13.4. The molecule has 0 saturated heterocycles. The highest BCUT2D eigenvalue weighted by molar-refractivity contribution is 5.99. The molecular weight excluding hydrogens is 446 g/mol. The molecule has 0 radical (unpaired) electrons. The third-order valence-corrected chi connectivity index (χ3v) is 6.49. The van der Waals surface area contributed by atoms with Gasteiger partial charge < -0.3 is 15.5 Å². The third-order valence-electron chi connectivity index (χ3n) is 6.49. The summed E-state index contributed by atoms with van der Waals surface area (Å²) in [6.45, 7) is 2.72. The predicted octanol–water partition coefficient (Wildman–Crippen LogP) is 6.18. The smallest absolute Gasteiger partial charge is 0.256 e. The molecule has 0 spiro atoms. The summed E-state index contributed by atoms with van der Waals surface area (Å²) in [6, 6.07) is 34.8. The van der Waals surface area contributed by atoms with Crippen LogP contribution < -0.4 is 10.6 Å². The molecule has 5 rings (SSSR count). The van der Waals surface area contributed by atoms with Crippen molar-refractivity contribution in [3.63, 3.8) is 0 Å². The fourth-order valence-electron chi connectivity index (χ4n) is 4.77. The molecule has 4 aromatic carbocycles. The molecule has 0 aliphatic carbocycles. The Bertz CT molecular complexity index is 1320. The minimum atomic E-state index is -0.270. The number of nitrogens with zero attached hydrogens (tertiary/aromatic N) is 1. The van der Waals surface area contributed by atoms with Gasteiger partial charge in [0.05, 0.1) is 6.04 Å². The second kappa shape index (κ2) is 10.5. The molecule has 1 aliphatic heterocycles. The standard InChI is InChI=1S/C31H29N3O2/c1-2-20-34-29(26-18-9-10-19-27(26)31(34)36)32-25-17-11-16-24(21-25)30(35)33-28(22-12-5-3-6-13-22)23-14-7-4-8-15-23/h3-19,21,28-29,32H,2,20H2,1H3,(H,33,35). The number of hydrogen-bond acceptors (Lipinski definition) is 3. The van der Waals surface area contributed by atoms with Crippen LogP contribution >= 0.6 is 0 Å². The lowest BCUT2D eigenvalue weighted by Gasteiger charge is -2.27. The summed E-state index contributed by atoms with van der Waals surface area (Å²) in [7, 11) is 0. The van der Waals surface area contributed by atoms with E-state index in [1.165, 1.54) is 0 Å². The lowest BCUT2D eigenvalue weighted by Crippen LogP contribution is -2.33. The van der Waals surface area contributed by atoms with Gasteiger partial charge in [-0.3, -0.25) is 9.59 Å². The molecule has 0 bridgehead atoms. The molecule has 180 valence electrons. The van der Waals surface area contributed by atoms with Gasteiger partial charge in [0.15, 0.2) is 0 Å². The van der Waals surface area contributed by atoms with Crippen LogP contribution in [0.25, 0.3) is 0 Å². The molecule has 4 aromatic rings. The maximum atomic E-state index is 13.4. The van der Waals surface area contributed by atoms with Crippen LogP contribution in [0.5, 0.6) is 0 Å². The second-order valence-corrected chi connectivity index (χ2v) is 8.94. The quantitative estimate of drug-likeness (QED) is 0.320. The lowest BCUT2D eigenvalue weighted by atomic mass is 9.98. The van der Waals surface area contributed by atoms with E-state index in [1.54, 1.807) is 0 Å². The molecule has 1 atom stereocenters. The number of anilines is 1. The van der Waals surface area contributed by atoms with Crippen LogP contribution in [-0.2, 0) is 0 Å². The van der Waals surface area contributed by atoms with Gasteiger partial charge in [-0.15, -0.1) is 0 Å². The summed E-state index contributed by atoms with van der Waals surface area (Å²) in [5.41, 5.74) is 5.06. The van der Waals surface area contributed by atoms with Gasteiger partial charge in [-0.25, -0.2) is 0 Å². The van der Waals surface area contributed by atoms with E-state index < -0.39 is 0 Å². The van der Waals surface area contributed by atoms with Crippen molar-refractivity contribution in [2.45, 2.75) is 25.6 Å².